The third-order valence-corrected chi connectivity index (χ3v) is 4.02. The average molecular weight is 292 g/mol. The number of nitro benzene ring substituents is 1. The Hall–Kier alpha value is -1.95. The molecule has 114 valence electrons. The Labute approximate surface area is 123 Å². The van der Waals surface area contributed by atoms with Gasteiger partial charge in [-0.3, -0.25) is 14.9 Å². The number of carbonyl (C=O) groups is 1. The zero-order chi connectivity index (χ0) is 15.5. The molecule has 0 radical (unpaired) electrons. The maximum Gasteiger partial charge on any atom is 0.272 e. The van der Waals surface area contributed by atoms with Crippen molar-refractivity contribution in [3.05, 3.63) is 39.4 Å². The number of nitro groups is 1. The summed E-state index contributed by atoms with van der Waals surface area (Å²) in [5, 5.41) is 23.8. The predicted molar refractivity (Wildman–Crippen MR) is 78.2 cm³/mol. The molecule has 0 atom stereocenters. The van der Waals surface area contributed by atoms with Gasteiger partial charge in [-0.25, -0.2) is 0 Å². The molecule has 6 heteroatoms. The van der Waals surface area contributed by atoms with E-state index in [1.54, 1.807) is 6.92 Å². The molecule has 1 amide bonds. The Morgan fingerprint density at radius 3 is 2.62 bits per heavy atom. The minimum atomic E-state index is -0.816. The molecule has 1 aromatic carbocycles. The van der Waals surface area contributed by atoms with Crippen LogP contribution in [0.15, 0.2) is 18.2 Å². The summed E-state index contributed by atoms with van der Waals surface area (Å²) in [5.41, 5.74) is 0.00277. The number of carbonyl (C=O) groups excluding carboxylic acids is 1. The van der Waals surface area contributed by atoms with Gasteiger partial charge in [-0.1, -0.05) is 19.3 Å². The van der Waals surface area contributed by atoms with E-state index in [0.717, 1.165) is 19.3 Å². The molecule has 0 bridgehead atoms. The molecule has 1 aliphatic carbocycles. The van der Waals surface area contributed by atoms with Gasteiger partial charge >= 0.3 is 0 Å². The Morgan fingerprint density at radius 1 is 1.38 bits per heavy atom. The van der Waals surface area contributed by atoms with Gasteiger partial charge < -0.3 is 10.4 Å². The van der Waals surface area contributed by atoms with Gasteiger partial charge in [0.25, 0.3) is 11.6 Å². The van der Waals surface area contributed by atoms with Crippen molar-refractivity contribution < 1.29 is 14.8 Å². The quantitative estimate of drug-likeness (QED) is 0.658. The molecular weight excluding hydrogens is 272 g/mol. The summed E-state index contributed by atoms with van der Waals surface area (Å²) < 4.78 is 0. The van der Waals surface area contributed by atoms with Gasteiger partial charge in [0.15, 0.2) is 0 Å². The van der Waals surface area contributed by atoms with E-state index < -0.39 is 10.5 Å². The van der Waals surface area contributed by atoms with Crippen LogP contribution in [0.2, 0.25) is 0 Å². The van der Waals surface area contributed by atoms with Gasteiger partial charge in [-0.2, -0.15) is 0 Å². The summed E-state index contributed by atoms with van der Waals surface area (Å²) in [5.74, 6) is -0.313. The normalized spacial score (nSPS) is 17.2. The second-order valence-corrected chi connectivity index (χ2v) is 5.73. The molecule has 1 aliphatic rings. The molecular formula is C15H20N2O4. The topological polar surface area (TPSA) is 92.5 Å². The Bertz CT molecular complexity index is 551. The fraction of sp³-hybridized carbons (Fsp3) is 0.533. The predicted octanol–water partition coefficient (Wildman–Crippen LogP) is 2.33. The number of aliphatic hydroxyl groups is 1. The average Bonchev–Trinajstić information content (AvgIpc) is 2.45. The van der Waals surface area contributed by atoms with Gasteiger partial charge in [-0.05, 0) is 31.9 Å². The zero-order valence-corrected chi connectivity index (χ0v) is 12.1. The third kappa shape index (κ3) is 3.78. The number of aryl methyl sites for hydroxylation is 1. The third-order valence-electron chi connectivity index (χ3n) is 4.02. The number of nitrogens with zero attached hydrogens (tertiary/aromatic N) is 1. The second-order valence-electron chi connectivity index (χ2n) is 5.73. The van der Waals surface area contributed by atoms with Crippen molar-refractivity contribution in [2.24, 2.45) is 0 Å². The lowest BCUT2D eigenvalue weighted by Gasteiger charge is -2.32. The highest BCUT2D eigenvalue weighted by molar-refractivity contribution is 5.94. The van der Waals surface area contributed by atoms with Gasteiger partial charge in [0, 0.05) is 23.7 Å². The standard InChI is InChI=1S/C15H20N2O4/c1-11-9-12(5-6-13(11)17(20)21)14(18)16-10-15(19)7-3-2-4-8-15/h5-6,9,19H,2-4,7-8,10H2,1H3,(H,16,18). The minimum Gasteiger partial charge on any atom is -0.388 e. The number of hydrogen-bond acceptors (Lipinski definition) is 4. The first-order valence-electron chi connectivity index (χ1n) is 7.17. The van der Waals surface area contributed by atoms with E-state index in [4.69, 9.17) is 0 Å². The second kappa shape index (κ2) is 6.22. The Kier molecular flexibility index (Phi) is 4.57. The maximum absolute atomic E-state index is 12.1. The van der Waals surface area contributed by atoms with Crippen molar-refractivity contribution in [2.75, 3.05) is 6.54 Å². The first-order valence-corrected chi connectivity index (χ1v) is 7.17. The number of hydrogen-bond donors (Lipinski definition) is 2. The molecule has 1 saturated carbocycles. The van der Waals surface area contributed by atoms with Crippen molar-refractivity contribution in [3.63, 3.8) is 0 Å². The lowest BCUT2D eigenvalue weighted by molar-refractivity contribution is -0.385. The van der Waals surface area contributed by atoms with Crippen molar-refractivity contribution in [1.29, 1.82) is 0 Å². The fourth-order valence-electron chi connectivity index (χ4n) is 2.74. The highest BCUT2D eigenvalue weighted by Gasteiger charge is 2.29. The van der Waals surface area contributed by atoms with Crippen LogP contribution >= 0.6 is 0 Å². The summed E-state index contributed by atoms with van der Waals surface area (Å²) in [6.45, 7) is 1.82. The highest BCUT2D eigenvalue weighted by atomic mass is 16.6. The van der Waals surface area contributed by atoms with Crippen LogP contribution in [0.4, 0.5) is 5.69 Å². The number of nitrogens with one attached hydrogen (secondary N) is 1. The van der Waals surface area contributed by atoms with Crippen molar-refractivity contribution >= 4 is 11.6 Å². The summed E-state index contributed by atoms with van der Waals surface area (Å²) in [6.07, 6.45) is 4.48. The lowest BCUT2D eigenvalue weighted by Crippen LogP contribution is -2.44. The van der Waals surface area contributed by atoms with Crippen LogP contribution in [-0.2, 0) is 0 Å². The highest BCUT2D eigenvalue weighted by Crippen LogP contribution is 2.27. The fourth-order valence-corrected chi connectivity index (χ4v) is 2.74. The van der Waals surface area contributed by atoms with Crippen LogP contribution in [0.25, 0.3) is 0 Å². The Morgan fingerprint density at radius 2 is 2.05 bits per heavy atom. The van der Waals surface area contributed by atoms with E-state index in [0.29, 0.717) is 24.0 Å². The number of benzene rings is 1. The summed E-state index contributed by atoms with van der Waals surface area (Å²) >= 11 is 0. The molecule has 0 aliphatic heterocycles. The lowest BCUT2D eigenvalue weighted by atomic mass is 9.85. The van der Waals surface area contributed by atoms with Gasteiger partial charge in [0.1, 0.15) is 0 Å². The van der Waals surface area contributed by atoms with Crippen LogP contribution < -0.4 is 5.32 Å². The van der Waals surface area contributed by atoms with Crippen molar-refractivity contribution in [2.45, 2.75) is 44.6 Å². The molecule has 1 aromatic rings. The van der Waals surface area contributed by atoms with Gasteiger partial charge in [0.05, 0.1) is 10.5 Å². The maximum atomic E-state index is 12.1. The van der Waals surface area contributed by atoms with E-state index in [9.17, 15) is 20.0 Å². The van der Waals surface area contributed by atoms with E-state index in [2.05, 4.69) is 5.32 Å². The van der Waals surface area contributed by atoms with Crippen LogP contribution in [0.1, 0.15) is 48.0 Å². The summed E-state index contributed by atoms with van der Waals surface area (Å²) in [4.78, 5) is 22.3. The van der Waals surface area contributed by atoms with E-state index in [1.165, 1.54) is 18.2 Å². The molecule has 2 rings (SSSR count). The molecule has 0 spiro atoms. The van der Waals surface area contributed by atoms with Gasteiger partial charge in [0.2, 0.25) is 0 Å². The molecule has 0 heterocycles. The van der Waals surface area contributed by atoms with E-state index >= 15 is 0 Å². The van der Waals surface area contributed by atoms with Crippen LogP contribution in [-0.4, -0.2) is 28.1 Å². The number of amides is 1. The molecule has 0 saturated heterocycles. The first kappa shape index (κ1) is 15.4. The van der Waals surface area contributed by atoms with Crippen molar-refractivity contribution in [1.82, 2.24) is 5.32 Å². The largest absolute Gasteiger partial charge is 0.388 e. The van der Waals surface area contributed by atoms with Gasteiger partial charge in [-0.15, -0.1) is 0 Å². The SMILES string of the molecule is Cc1cc(C(=O)NCC2(O)CCCCC2)ccc1[N+](=O)[O-]. The molecule has 0 aromatic heterocycles. The Balaban J connectivity index is 2.00. The molecule has 2 N–H and O–H groups in total. The van der Waals surface area contributed by atoms with E-state index in [1.807, 2.05) is 0 Å². The monoisotopic (exact) mass is 292 g/mol. The minimum absolute atomic E-state index is 0.00235. The first-order chi connectivity index (χ1) is 9.91. The van der Waals surface area contributed by atoms with Crippen LogP contribution in [0, 0.1) is 17.0 Å². The molecule has 6 nitrogen and oxygen atoms in total. The van der Waals surface area contributed by atoms with Crippen LogP contribution in [0.3, 0.4) is 0 Å². The summed E-state index contributed by atoms with van der Waals surface area (Å²) in [7, 11) is 0. The zero-order valence-electron chi connectivity index (χ0n) is 12.1. The molecule has 0 unspecified atom stereocenters. The summed E-state index contributed by atoms with van der Waals surface area (Å²) in [6, 6.07) is 4.27. The van der Waals surface area contributed by atoms with Crippen molar-refractivity contribution in [3.8, 4) is 0 Å². The number of rotatable bonds is 4. The smallest absolute Gasteiger partial charge is 0.272 e. The molecule has 21 heavy (non-hydrogen) atoms. The van der Waals surface area contributed by atoms with Crippen LogP contribution in [0.5, 0.6) is 0 Å². The molecule has 1 fully saturated rings. The van der Waals surface area contributed by atoms with E-state index in [-0.39, 0.29) is 18.1 Å².